The molecule has 1 N–H and O–H groups in total. The molecule has 0 atom stereocenters. The van der Waals surface area contributed by atoms with Gasteiger partial charge in [0.05, 0.1) is 18.9 Å². The Morgan fingerprint density at radius 2 is 2.05 bits per heavy atom. The van der Waals surface area contributed by atoms with E-state index < -0.39 is 5.97 Å². The summed E-state index contributed by atoms with van der Waals surface area (Å²) >= 11 is 0. The molecule has 0 bridgehead atoms. The van der Waals surface area contributed by atoms with E-state index in [1.807, 2.05) is 36.1 Å². The lowest BCUT2D eigenvalue weighted by atomic mass is 10.2. The zero-order valence-corrected chi connectivity index (χ0v) is 11.7. The number of anilines is 1. The van der Waals surface area contributed by atoms with E-state index >= 15 is 0 Å². The van der Waals surface area contributed by atoms with E-state index in [4.69, 9.17) is 4.74 Å². The van der Waals surface area contributed by atoms with E-state index in [0.717, 1.165) is 11.3 Å². The lowest BCUT2D eigenvalue weighted by Gasteiger charge is -2.26. The topological polar surface area (TPSA) is 80.5 Å². The molecular formula is C14H16N4O3. The summed E-state index contributed by atoms with van der Waals surface area (Å²) < 4.78 is 5.28. The van der Waals surface area contributed by atoms with Gasteiger partial charge in [-0.3, -0.25) is 0 Å². The standard InChI is InChI=1S/C14H16N4O3/c1-10-3-2-4-11(9-10)18-15-12(14(19)20)13(16-18)17-5-7-21-8-6-17/h2-4,9H,5-8H2,1H3,(H,19,20). The Hall–Kier alpha value is -2.41. The highest BCUT2D eigenvalue weighted by molar-refractivity contribution is 5.91. The van der Waals surface area contributed by atoms with Crippen molar-refractivity contribution in [2.24, 2.45) is 0 Å². The molecule has 2 heterocycles. The molecule has 0 spiro atoms. The highest BCUT2D eigenvalue weighted by atomic mass is 16.5. The maximum atomic E-state index is 11.4. The number of aromatic nitrogens is 3. The van der Waals surface area contributed by atoms with Crippen molar-refractivity contribution in [2.75, 3.05) is 31.2 Å². The molecule has 0 amide bonds. The van der Waals surface area contributed by atoms with Crippen molar-refractivity contribution in [2.45, 2.75) is 6.92 Å². The average molecular weight is 288 g/mol. The van der Waals surface area contributed by atoms with Gasteiger partial charge in [0.1, 0.15) is 0 Å². The lowest BCUT2D eigenvalue weighted by molar-refractivity contribution is 0.0689. The first kappa shape index (κ1) is 13.6. The van der Waals surface area contributed by atoms with Crippen LogP contribution in [0.5, 0.6) is 0 Å². The van der Waals surface area contributed by atoms with E-state index in [1.165, 1.54) is 4.80 Å². The van der Waals surface area contributed by atoms with Gasteiger partial charge in [0.2, 0.25) is 5.69 Å². The van der Waals surface area contributed by atoms with Gasteiger partial charge >= 0.3 is 5.97 Å². The van der Waals surface area contributed by atoms with Crippen LogP contribution in [-0.4, -0.2) is 52.4 Å². The van der Waals surface area contributed by atoms with Crippen LogP contribution in [0.1, 0.15) is 16.1 Å². The molecule has 0 saturated carbocycles. The van der Waals surface area contributed by atoms with Gasteiger partial charge in [-0.25, -0.2) is 4.79 Å². The van der Waals surface area contributed by atoms with Crippen molar-refractivity contribution in [1.29, 1.82) is 0 Å². The van der Waals surface area contributed by atoms with Crippen LogP contribution in [0.3, 0.4) is 0 Å². The quantitative estimate of drug-likeness (QED) is 0.911. The first-order valence-corrected chi connectivity index (χ1v) is 6.75. The van der Waals surface area contributed by atoms with Crippen molar-refractivity contribution < 1.29 is 14.6 Å². The molecule has 21 heavy (non-hydrogen) atoms. The zero-order valence-electron chi connectivity index (χ0n) is 11.7. The normalized spacial score (nSPS) is 15.2. The first-order valence-electron chi connectivity index (χ1n) is 6.75. The van der Waals surface area contributed by atoms with Crippen LogP contribution < -0.4 is 4.90 Å². The van der Waals surface area contributed by atoms with Gasteiger partial charge in [0.15, 0.2) is 5.82 Å². The van der Waals surface area contributed by atoms with Gasteiger partial charge in [0, 0.05) is 13.1 Å². The third kappa shape index (κ3) is 2.73. The molecule has 1 aliphatic rings. The fourth-order valence-electron chi connectivity index (χ4n) is 2.29. The summed E-state index contributed by atoms with van der Waals surface area (Å²) in [5, 5.41) is 17.8. The monoisotopic (exact) mass is 288 g/mol. The molecule has 7 heteroatoms. The van der Waals surface area contributed by atoms with Crippen LogP contribution in [0, 0.1) is 6.92 Å². The van der Waals surface area contributed by atoms with Gasteiger partial charge in [0.25, 0.3) is 0 Å². The van der Waals surface area contributed by atoms with Crippen LogP contribution in [0.4, 0.5) is 5.82 Å². The molecule has 0 radical (unpaired) electrons. The summed E-state index contributed by atoms with van der Waals surface area (Å²) in [6.45, 7) is 4.33. The van der Waals surface area contributed by atoms with Crippen molar-refractivity contribution in [1.82, 2.24) is 15.0 Å². The second-order valence-corrected chi connectivity index (χ2v) is 4.91. The van der Waals surface area contributed by atoms with E-state index in [9.17, 15) is 9.90 Å². The molecule has 0 aliphatic carbocycles. The van der Waals surface area contributed by atoms with Gasteiger partial charge in [-0.15, -0.1) is 15.0 Å². The number of morpholine rings is 1. The molecule has 110 valence electrons. The van der Waals surface area contributed by atoms with Gasteiger partial charge < -0.3 is 14.7 Å². The molecule has 1 aromatic carbocycles. The molecule has 7 nitrogen and oxygen atoms in total. The minimum absolute atomic E-state index is 0.0293. The molecule has 1 aliphatic heterocycles. The Morgan fingerprint density at radius 1 is 1.29 bits per heavy atom. The minimum atomic E-state index is -1.07. The average Bonchev–Trinajstić information content (AvgIpc) is 2.93. The molecule has 1 fully saturated rings. The van der Waals surface area contributed by atoms with Crippen LogP contribution in [0.15, 0.2) is 24.3 Å². The number of carboxylic acids is 1. The smallest absolute Gasteiger partial charge is 0.360 e. The number of hydrogen-bond donors (Lipinski definition) is 1. The largest absolute Gasteiger partial charge is 0.476 e. The number of aromatic carboxylic acids is 1. The van der Waals surface area contributed by atoms with E-state index in [-0.39, 0.29) is 5.69 Å². The third-order valence-electron chi connectivity index (χ3n) is 3.34. The predicted molar refractivity (Wildman–Crippen MR) is 76.1 cm³/mol. The van der Waals surface area contributed by atoms with Crippen molar-refractivity contribution in [3.05, 3.63) is 35.5 Å². The van der Waals surface area contributed by atoms with Crippen LogP contribution >= 0.6 is 0 Å². The number of carboxylic acid groups (broad SMARTS) is 1. The highest BCUT2D eigenvalue weighted by Gasteiger charge is 2.24. The third-order valence-corrected chi connectivity index (χ3v) is 3.34. The number of benzene rings is 1. The summed E-state index contributed by atoms with van der Waals surface area (Å²) in [5.41, 5.74) is 1.78. The van der Waals surface area contributed by atoms with Crippen LogP contribution in [-0.2, 0) is 4.74 Å². The van der Waals surface area contributed by atoms with Crippen molar-refractivity contribution >= 4 is 11.8 Å². The predicted octanol–water partition coefficient (Wildman–Crippen LogP) is 1.11. The zero-order chi connectivity index (χ0) is 14.8. The number of hydrogen-bond acceptors (Lipinski definition) is 5. The second kappa shape index (κ2) is 5.53. The number of aryl methyl sites for hydroxylation is 1. The molecule has 1 aromatic heterocycles. The number of rotatable bonds is 3. The number of carbonyl (C=O) groups is 1. The van der Waals surface area contributed by atoms with Crippen LogP contribution in [0.2, 0.25) is 0 Å². The number of ether oxygens (including phenoxy) is 1. The first-order chi connectivity index (χ1) is 10.1. The van der Waals surface area contributed by atoms with Gasteiger partial charge in [-0.2, -0.15) is 0 Å². The Morgan fingerprint density at radius 3 is 2.71 bits per heavy atom. The van der Waals surface area contributed by atoms with Gasteiger partial charge in [-0.1, -0.05) is 12.1 Å². The molecule has 1 saturated heterocycles. The maximum absolute atomic E-state index is 11.4. The summed E-state index contributed by atoms with van der Waals surface area (Å²) in [4.78, 5) is 14.7. The summed E-state index contributed by atoms with van der Waals surface area (Å²) in [7, 11) is 0. The highest BCUT2D eigenvalue weighted by Crippen LogP contribution is 2.19. The molecule has 3 rings (SSSR count). The Kier molecular flexibility index (Phi) is 3.57. The Balaban J connectivity index is 2.01. The van der Waals surface area contributed by atoms with Gasteiger partial charge in [-0.05, 0) is 24.6 Å². The SMILES string of the molecule is Cc1cccc(-n2nc(C(=O)O)c(N3CCOCC3)n2)c1. The summed E-state index contributed by atoms with van der Waals surface area (Å²) in [6, 6.07) is 7.62. The molecule has 2 aromatic rings. The van der Waals surface area contributed by atoms with E-state index in [1.54, 1.807) is 0 Å². The minimum Gasteiger partial charge on any atom is -0.476 e. The Bertz CT molecular complexity index is 662. The fourth-order valence-corrected chi connectivity index (χ4v) is 2.29. The summed E-state index contributed by atoms with van der Waals surface area (Å²) in [5.74, 6) is -0.678. The van der Waals surface area contributed by atoms with Crippen molar-refractivity contribution in [3.8, 4) is 5.69 Å². The molecule has 0 unspecified atom stereocenters. The number of nitrogens with zero attached hydrogens (tertiary/aromatic N) is 4. The fraction of sp³-hybridized carbons (Fsp3) is 0.357. The van der Waals surface area contributed by atoms with E-state index in [2.05, 4.69) is 10.2 Å². The lowest BCUT2D eigenvalue weighted by Crippen LogP contribution is -2.37. The Labute approximate surface area is 121 Å². The van der Waals surface area contributed by atoms with Crippen LogP contribution in [0.25, 0.3) is 5.69 Å². The van der Waals surface area contributed by atoms with Crippen molar-refractivity contribution in [3.63, 3.8) is 0 Å². The van der Waals surface area contributed by atoms with E-state index in [0.29, 0.717) is 32.1 Å². The molecular weight excluding hydrogens is 272 g/mol. The second-order valence-electron chi connectivity index (χ2n) is 4.91. The summed E-state index contributed by atoms with van der Waals surface area (Å²) in [6.07, 6.45) is 0. The maximum Gasteiger partial charge on any atom is 0.360 e.